The first kappa shape index (κ1) is 20.9. The summed E-state index contributed by atoms with van der Waals surface area (Å²) in [5.74, 6) is -0.183. The zero-order valence-electron chi connectivity index (χ0n) is 17.0. The van der Waals surface area contributed by atoms with Crippen LogP contribution in [0.15, 0.2) is 28.7 Å². The van der Waals surface area contributed by atoms with E-state index in [4.69, 9.17) is 13.9 Å². The zero-order valence-corrected chi connectivity index (χ0v) is 17.0. The highest BCUT2D eigenvalue weighted by atomic mass is 16.5. The van der Waals surface area contributed by atoms with Crippen LogP contribution in [-0.2, 0) is 14.3 Å². The van der Waals surface area contributed by atoms with Crippen LogP contribution in [0.2, 0.25) is 0 Å². The molecule has 0 spiro atoms. The van der Waals surface area contributed by atoms with Gasteiger partial charge in [0.15, 0.2) is 11.5 Å². The molecule has 8 heteroatoms. The molecule has 1 unspecified atom stereocenters. The van der Waals surface area contributed by atoms with Gasteiger partial charge in [0.25, 0.3) is 5.91 Å². The quantitative estimate of drug-likeness (QED) is 0.734. The normalized spacial score (nSPS) is 20.1. The van der Waals surface area contributed by atoms with Crippen LogP contribution in [0.5, 0.6) is 5.75 Å². The highest BCUT2D eigenvalue weighted by Crippen LogP contribution is 2.24. The highest BCUT2D eigenvalue weighted by Gasteiger charge is 2.36. The first-order chi connectivity index (χ1) is 13.8. The Morgan fingerprint density at radius 1 is 1.28 bits per heavy atom. The second-order valence-electron chi connectivity index (χ2n) is 7.64. The summed E-state index contributed by atoms with van der Waals surface area (Å²) < 4.78 is 16.1. The third kappa shape index (κ3) is 4.76. The summed E-state index contributed by atoms with van der Waals surface area (Å²) in [5, 5.41) is 6.16. The van der Waals surface area contributed by atoms with Crippen LogP contribution in [0, 0.1) is 5.92 Å². The number of hydrogen-bond acceptors (Lipinski definition) is 6. The second kappa shape index (κ2) is 8.65. The molecule has 29 heavy (non-hydrogen) atoms. The van der Waals surface area contributed by atoms with E-state index in [1.54, 1.807) is 38.3 Å². The van der Waals surface area contributed by atoms with Crippen LogP contribution in [0.4, 0.5) is 0 Å². The number of carbonyl (C=O) groups excluding carboxylic acids is 3. The maximum absolute atomic E-state index is 12.8. The predicted molar refractivity (Wildman–Crippen MR) is 106 cm³/mol. The van der Waals surface area contributed by atoms with E-state index in [2.05, 4.69) is 10.6 Å². The van der Waals surface area contributed by atoms with Crippen LogP contribution in [0.1, 0.15) is 37.7 Å². The molecule has 0 bridgehead atoms. The predicted octanol–water partition coefficient (Wildman–Crippen LogP) is 2.06. The number of carbonyl (C=O) groups is 3. The minimum absolute atomic E-state index is 0.0181. The molecule has 1 aliphatic heterocycles. The van der Waals surface area contributed by atoms with Crippen LogP contribution in [0.3, 0.4) is 0 Å². The molecular weight excluding hydrogens is 376 g/mol. The van der Waals surface area contributed by atoms with Gasteiger partial charge in [0.2, 0.25) is 5.91 Å². The molecule has 1 aliphatic rings. The van der Waals surface area contributed by atoms with Crippen molar-refractivity contribution in [2.24, 2.45) is 5.92 Å². The SMILES string of the molecule is COc1ccc2oc(C(=O)NC(CC(C)C)C(=O)N[C@@H]3C(=O)CO[C@@H]3C)cc2c1. The molecule has 1 fully saturated rings. The molecule has 8 nitrogen and oxygen atoms in total. The van der Waals surface area contributed by atoms with Crippen LogP contribution in [0.25, 0.3) is 11.0 Å². The molecular formula is C21H26N2O6. The van der Waals surface area contributed by atoms with Gasteiger partial charge in [-0.3, -0.25) is 14.4 Å². The highest BCUT2D eigenvalue weighted by molar-refractivity contribution is 5.99. The smallest absolute Gasteiger partial charge is 0.287 e. The monoisotopic (exact) mass is 402 g/mol. The molecule has 156 valence electrons. The Morgan fingerprint density at radius 3 is 2.66 bits per heavy atom. The third-order valence-corrected chi connectivity index (χ3v) is 4.88. The molecule has 2 aromatic rings. The van der Waals surface area contributed by atoms with Gasteiger partial charge in [-0.15, -0.1) is 0 Å². The third-order valence-electron chi connectivity index (χ3n) is 4.88. The molecule has 0 radical (unpaired) electrons. The topological polar surface area (TPSA) is 107 Å². The van der Waals surface area contributed by atoms with Crippen molar-refractivity contribution in [3.8, 4) is 5.75 Å². The Kier molecular flexibility index (Phi) is 6.22. The number of hydrogen-bond donors (Lipinski definition) is 2. The standard InChI is InChI=1S/C21H26N2O6/c1-11(2)7-15(20(25)23-19-12(3)28-10-16(19)24)22-21(26)18-9-13-8-14(27-4)5-6-17(13)29-18/h5-6,8-9,11-12,15,19H,7,10H2,1-4H3,(H,22,26)(H,23,25)/t12-,15?,19+/m1/s1. The Hall–Kier alpha value is -2.87. The maximum atomic E-state index is 12.8. The first-order valence-corrected chi connectivity index (χ1v) is 9.61. The summed E-state index contributed by atoms with van der Waals surface area (Å²) in [6.45, 7) is 5.61. The molecule has 2 N–H and O–H groups in total. The van der Waals surface area contributed by atoms with E-state index < -0.39 is 30.0 Å². The largest absolute Gasteiger partial charge is 0.497 e. The number of methoxy groups -OCH3 is 1. The zero-order chi connectivity index (χ0) is 21.1. The number of ether oxygens (including phenoxy) is 2. The average Bonchev–Trinajstić information content (AvgIpc) is 3.24. The second-order valence-corrected chi connectivity index (χ2v) is 7.64. The van der Waals surface area contributed by atoms with Crippen molar-refractivity contribution in [3.63, 3.8) is 0 Å². The minimum atomic E-state index is -0.800. The number of ketones is 1. The van der Waals surface area contributed by atoms with Gasteiger partial charge in [-0.25, -0.2) is 0 Å². The number of benzene rings is 1. The Morgan fingerprint density at radius 2 is 2.03 bits per heavy atom. The fourth-order valence-electron chi connectivity index (χ4n) is 3.31. The van der Waals surface area contributed by atoms with Crippen molar-refractivity contribution in [1.29, 1.82) is 0 Å². The van der Waals surface area contributed by atoms with Gasteiger partial charge in [0, 0.05) is 5.39 Å². The lowest BCUT2D eigenvalue weighted by atomic mass is 10.0. The summed E-state index contributed by atoms with van der Waals surface area (Å²) in [4.78, 5) is 37.4. The van der Waals surface area contributed by atoms with Crippen LogP contribution < -0.4 is 15.4 Å². The Labute approximate surface area is 168 Å². The van der Waals surface area contributed by atoms with Gasteiger partial charge in [-0.05, 0) is 43.5 Å². The van der Waals surface area contributed by atoms with Crippen molar-refractivity contribution in [2.75, 3.05) is 13.7 Å². The maximum Gasteiger partial charge on any atom is 0.287 e. The number of amides is 2. The van der Waals surface area contributed by atoms with Crippen molar-refractivity contribution >= 4 is 28.6 Å². The fraction of sp³-hybridized carbons (Fsp3) is 0.476. The van der Waals surface area contributed by atoms with E-state index in [0.29, 0.717) is 17.8 Å². The number of furan rings is 1. The van der Waals surface area contributed by atoms with Crippen LogP contribution in [-0.4, -0.2) is 49.5 Å². The van der Waals surface area contributed by atoms with Crippen molar-refractivity contribution in [3.05, 3.63) is 30.0 Å². The summed E-state index contributed by atoms with van der Waals surface area (Å²) in [6, 6.07) is 5.33. The molecule has 0 aliphatic carbocycles. The van der Waals surface area contributed by atoms with Gasteiger partial charge in [0.05, 0.1) is 13.2 Å². The van der Waals surface area contributed by atoms with Crippen molar-refractivity contribution in [1.82, 2.24) is 10.6 Å². The van der Waals surface area contributed by atoms with E-state index >= 15 is 0 Å². The molecule has 0 saturated carbocycles. The number of fused-ring (bicyclic) bond motifs is 1. The van der Waals surface area contributed by atoms with Crippen molar-refractivity contribution in [2.45, 2.75) is 45.4 Å². The summed E-state index contributed by atoms with van der Waals surface area (Å²) >= 11 is 0. The van der Waals surface area contributed by atoms with Gasteiger partial charge < -0.3 is 24.5 Å². The average molecular weight is 402 g/mol. The van der Waals surface area contributed by atoms with Crippen molar-refractivity contribution < 1.29 is 28.3 Å². The minimum Gasteiger partial charge on any atom is -0.497 e. The summed E-state index contributed by atoms with van der Waals surface area (Å²) in [7, 11) is 1.56. The number of nitrogens with one attached hydrogen (secondary N) is 2. The van der Waals surface area contributed by atoms with Gasteiger partial charge in [-0.2, -0.15) is 0 Å². The molecule has 1 saturated heterocycles. The fourth-order valence-corrected chi connectivity index (χ4v) is 3.31. The van der Waals surface area contributed by atoms with Crippen LogP contribution >= 0.6 is 0 Å². The Balaban J connectivity index is 1.74. The number of rotatable bonds is 7. The van der Waals surface area contributed by atoms with E-state index in [-0.39, 0.29) is 24.1 Å². The van der Waals surface area contributed by atoms with E-state index in [0.717, 1.165) is 5.39 Å². The lowest BCUT2D eigenvalue weighted by Gasteiger charge is -2.22. The van der Waals surface area contributed by atoms with E-state index in [1.165, 1.54) is 0 Å². The molecule has 3 rings (SSSR count). The molecule has 3 atom stereocenters. The molecule has 2 amide bonds. The lowest BCUT2D eigenvalue weighted by molar-refractivity contribution is -0.127. The summed E-state index contributed by atoms with van der Waals surface area (Å²) in [6.07, 6.45) is 0.0223. The van der Waals surface area contributed by atoms with Gasteiger partial charge in [-0.1, -0.05) is 13.8 Å². The Bertz CT molecular complexity index is 919. The van der Waals surface area contributed by atoms with Gasteiger partial charge >= 0.3 is 0 Å². The first-order valence-electron chi connectivity index (χ1n) is 9.61. The molecule has 1 aromatic heterocycles. The number of Topliss-reactive ketones (excluding diaryl/α,β-unsaturated/α-hetero) is 1. The molecule has 2 heterocycles. The van der Waals surface area contributed by atoms with E-state index in [9.17, 15) is 14.4 Å². The lowest BCUT2D eigenvalue weighted by Crippen LogP contribution is -2.53. The van der Waals surface area contributed by atoms with Gasteiger partial charge in [0.1, 0.15) is 30.0 Å². The summed E-state index contributed by atoms with van der Waals surface area (Å²) in [5.41, 5.74) is 0.545. The van der Waals surface area contributed by atoms with E-state index in [1.807, 2.05) is 13.8 Å². The molecule has 1 aromatic carbocycles.